The normalized spacial score (nSPS) is 12.6. The van der Waals surface area contributed by atoms with Gasteiger partial charge in [-0.05, 0) is 36.1 Å². The summed E-state index contributed by atoms with van der Waals surface area (Å²) in [4.78, 5) is 1.36. The number of rotatable bonds is 4. The monoisotopic (exact) mass is 251 g/mol. The van der Waals surface area contributed by atoms with Gasteiger partial charge in [0.15, 0.2) is 0 Å². The lowest BCUT2D eigenvalue weighted by Gasteiger charge is -2.13. The first kappa shape index (κ1) is 11.6. The first-order valence-electron chi connectivity index (χ1n) is 5.27. The third-order valence-corrected chi connectivity index (χ3v) is 3.62. The topological polar surface area (TPSA) is 12.0 Å². The molecule has 0 fully saturated rings. The lowest BCUT2D eigenvalue weighted by atomic mass is 10.1. The van der Waals surface area contributed by atoms with Crippen LogP contribution >= 0.6 is 22.9 Å². The van der Waals surface area contributed by atoms with Crippen LogP contribution in [0.2, 0.25) is 5.02 Å². The number of nitrogens with one attached hydrogen (secondary N) is 1. The average molecular weight is 252 g/mol. The van der Waals surface area contributed by atoms with Crippen LogP contribution < -0.4 is 5.32 Å². The summed E-state index contributed by atoms with van der Waals surface area (Å²) in [6.07, 6.45) is 0. The summed E-state index contributed by atoms with van der Waals surface area (Å²) in [7, 11) is 0. The zero-order valence-corrected chi connectivity index (χ0v) is 10.7. The van der Waals surface area contributed by atoms with Crippen LogP contribution in [0.3, 0.4) is 0 Å². The van der Waals surface area contributed by atoms with Gasteiger partial charge in [-0.25, -0.2) is 0 Å². The van der Waals surface area contributed by atoms with Crippen LogP contribution in [0.1, 0.15) is 23.4 Å². The number of hydrogen-bond acceptors (Lipinski definition) is 2. The van der Waals surface area contributed by atoms with E-state index in [1.165, 1.54) is 10.4 Å². The molecule has 2 aromatic rings. The Morgan fingerprint density at radius 2 is 2.19 bits per heavy atom. The van der Waals surface area contributed by atoms with Crippen molar-refractivity contribution in [1.29, 1.82) is 0 Å². The second-order valence-corrected chi connectivity index (χ2v) is 5.21. The smallest absolute Gasteiger partial charge is 0.0409 e. The van der Waals surface area contributed by atoms with Gasteiger partial charge in [-0.2, -0.15) is 0 Å². The van der Waals surface area contributed by atoms with Gasteiger partial charge in [0.05, 0.1) is 0 Å². The molecular weight excluding hydrogens is 238 g/mol. The van der Waals surface area contributed by atoms with Crippen LogP contribution in [-0.4, -0.2) is 0 Å². The molecule has 84 valence electrons. The molecule has 0 saturated carbocycles. The van der Waals surface area contributed by atoms with Crippen LogP contribution in [0.25, 0.3) is 0 Å². The molecule has 0 aliphatic rings. The molecule has 1 nitrogen and oxygen atoms in total. The first-order chi connectivity index (χ1) is 7.75. The van der Waals surface area contributed by atoms with Gasteiger partial charge in [-0.1, -0.05) is 29.8 Å². The Kier molecular flexibility index (Phi) is 3.99. The Hall–Kier alpha value is -0.830. The fourth-order valence-electron chi connectivity index (χ4n) is 1.56. The van der Waals surface area contributed by atoms with E-state index in [9.17, 15) is 0 Å². The Morgan fingerprint density at radius 3 is 2.88 bits per heavy atom. The molecule has 0 saturated heterocycles. The summed E-state index contributed by atoms with van der Waals surface area (Å²) in [5.74, 6) is 0. The first-order valence-corrected chi connectivity index (χ1v) is 6.52. The van der Waals surface area contributed by atoms with E-state index in [0.29, 0.717) is 6.04 Å². The van der Waals surface area contributed by atoms with Crippen molar-refractivity contribution in [3.63, 3.8) is 0 Å². The van der Waals surface area contributed by atoms with Crippen molar-refractivity contribution in [2.75, 3.05) is 0 Å². The van der Waals surface area contributed by atoms with E-state index in [-0.39, 0.29) is 0 Å². The Morgan fingerprint density at radius 1 is 1.31 bits per heavy atom. The molecule has 0 amide bonds. The average Bonchev–Trinajstić information content (AvgIpc) is 2.78. The quantitative estimate of drug-likeness (QED) is 0.857. The predicted molar refractivity (Wildman–Crippen MR) is 71.0 cm³/mol. The molecule has 0 bridgehead atoms. The summed E-state index contributed by atoms with van der Waals surface area (Å²) in [6.45, 7) is 3.06. The molecule has 0 aliphatic heterocycles. The van der Waals surface area contributed by atoms with Gasteiger partial charge in [0.1, 0.15) is 0 Å². The Balaban J connectivity index is 1.95. The minimum atomic E-state index is 0.320. The number of halogens is 1. The van der Waals surface area contributed by atoms with Crippen molar-refractivity contribution in [3.05, 3.63) is 57.2 Å². The molecule has 0 spiro atoms. The summed E-state index contributed by atoms with van der Waals surface area (Å²) < 4.78 is 0. The fraction of sp³-hybridized carbons (Fsp3) is 0.231. The van der Waals surface area contributed by atoms with Crippen molar-refractivity contribution >= 4 is 22.9 Å². The van der Waals surface area contributed by atoms with Gasteiger partial charge in [0, 0.05) is 22.5 Å². The van der Waals surface area contributed by atoms with E-state index in [0.717, 1.165) is 11.6 Å². The van der Waals surface area contributed by atoms with Crippen LogP contribution in [-0.2, 0) is 6.54 Å². The number of hydrogen-bond donors (Lipinski definition) is 1. The molecule has 16 heavy (non-hydrogen) atoms. The van der Waals surface area contributed by atoms with Gasteiger partial charge < -0.3 is 5.32 Å². The maximum atomic E-state index is 5.96. The maximum Gasteiger partial charge on any atom is 0.0409 e. The van der Waals surface area contributed by atoms with Gasteiger partial charge in [0.25, 0.3) is 0 Å². The molecule has 1 atom stereocenters. The van der Waals surface area contributed by atoms with Gasteiger partial charge >= 0.3 is 0 Å². The van der Waals surface area contributed by atoms with Crippen molar-refractivity contribution < 1.29 is 0 Å². The summed E-state index contributed by atoms with van der Waals surface area (Å²) in [5, 5.41) is 6.37. The van der Waals surface area contributed by atoms with Crippen LogP contribution in [0.5, 0.6) is 0 Å². The van der Waals surface area contributed by atoms with Crippen LogP contribution in [0, 0.1) is 0 Å². The zero-order valence-electron chi connectivity index (χ0n) is 9.11. The maximum absolute atomic E-state index is 5.96. The number of thiophene rings is 1. The number of benzene rings is 1. The van der Waals surface area contributed by atoms with E-state index in [1.54, 1.807) is 11.3 Å². The minimum absolute atomic E-state index is 0.320. The van der Waals surface area contributed by atoms with Crippen molar-refractivity contribution in [2.45, 2.75) is 19.5 Å². The van der Waals surface area contributed by atoms with Gasteiger partial charge in [-0.3, -0.25) is 0 Å². The molecule has 1 aromatic carbocycles. The minimum Gasteiger partial charge on any atom is -0.305 e. The summed E-state index contributed by atoms with van der Waals surface area (Å²) >= 11 is 7.74. The van der Waals surface area contributed by atoms with Gasteiger partial charge in [-0.15, -0.1) is 11.3 Å². The third-order valence-electron chi connectivity index (χ3n) is 2.51. The molecule has 1 aromatic heterocycles. The highest BCUT2D eigenvalue weighted by atomic mass is 35.5. The molecular formula is C13H14ClNS. The Labute approximate surface area is 105 Å². The van der Waals surface area contributed by atoms with Crippen molar-refractivity contribution in [1.82, 2.24) is 5.32 Å². The van der Waals surface area contributed by atoms with E-state index >= 15 is 0 Å². The van der Waals surface area contributed by atoms with Crippen molar-refractivity contribution in [2.24, 2.45) is 0 Å². The van der Waals surface area contributed by atoms with E-state index in [4.69, 9.17) is 11.6 Å². The lowest BCUT2D eigenvalue weighted by Crippen LogP contribution is -2.17. The molecule has 1 unspecified atom stereocenters. The van der Waals surface area contributed by atoms with E-state index in [2.05, 4.69) is 35.8 Å². The zero-order chi connectivity index (χ0) is 11.4. The summed E-state index contributed by atoms with van der Waals surface area (Å²) in [6, 6.07) is 12.5. The fourth-order valence-corrected chi connectivity index (χ4v) is 2.42. The van der Waals surface area contributed by atoms with E-state index < -0.39 is 0 Å². The van der Waals surface area contributed by atoms with E-state index in [1.807, 2.05) is 18.2 Å². The third kappa shape index (κ3) is 3.08. The standard InChI is InChI=1S/C13H14ClNS/c1-10(11-4-2-5-12(14)8-11)15-9-13-6-3-7-16-13/h2-8,10,15H,9H2,1H3. The lowest BCUT2D eigenvalue weighted by molar-refractivity contribution is 0.579. The largest absolute Gasteiger partial charge is 0.305 e. The highest BCUT2D eigenvalue weighted by Gasteiger charge is 2.05. The highest BCUT2D eigenvalue weighted by Crippen LogP contribution is 2.18. The SMILES string of the molecule is CC(NCc1cccs1)c1cccc(Cl)c1. The summed E-state index contributed by atoms with van der Waals surface area (Å²) in [5.41, 5.74) is 1.23. The van der Waals surface area contributed by atoms with Crippen molar-refractivity contribution in [3.8, 4) is 0 Å². The molecule has 3 heteroatoms. The van der Waals surface area contributed by atoms with Crippen LogP contribution in [0.4, 0.5) is 0 Å². The van der Waals surface area contributed by atoms with Gasteiger partial charge in [0.2, 0.25) is 0 Å². The second-order valence-electron chi connectivity index (χ2n) is 3.74. The highest BCUT2D eigenvalue weighted by molar-refractivity contribution is 7.09. The molecule has 0 aliphatic carbocycles. The molecule has 1 N–H and O–H groups in total. The second kappa shape index (κ2) is 5.48. The molecule has 2 rings (SSSR count). The molecule has 0 radical (unpaired) electrons. The predicted octanol–water partition coefficient (Wildman–Crippen LogP) is 4.25. The van der Waals surface area contributed by atoms with Crippen LogP contribution in [0.15, 0.2) is 41.8 Å². The Bertz CT molecular complexity index is 439. The molecule has 1 heterocycles.